The van der Waals surface area contributed by atoms with Crippen molar-refractivity contribution in [2.24, 2.45) is 0 Å². The van der Waals surface area contributed by atoms with Crippen LogP contribution in [0.1, 0.15) is 6.42 Å². The van der Waals surface area contributed by atoms with Gasteiger partial charge in [-0.3, -0.25) is 5.10 Å². The summed E-state index contributed by atoms with van der Waals surface area (Å²) in [6.45, 7) is 1.31. The molecule has 1 aromatic carbocycles. The highest BCUT2D eigenvalue weighted by Gasteiger charge is 2.15. The second-order valence-corrected chi connectivity index (χ2v) is 5.02. The molecule has 4 rings (SSSR count). The van der Waals surface area contributed by atoms with Crippen molar-refractivity contribution in [2.75, 3.05) is 13.2 Å². The third kappa shape index (κ3) is 2.17. The first-order valence-electron chi connectivity index (χ1n) is 6.58. The average molecular weight is 303 g/mol. The third-order valence-corrected chi connectivity index (χ3v) is 3.47. The van der Waals surface area contributed by atoms with Gasteiger partial charge in [0.05, 0.1) is 30.5 Å². The molecule has 0 bridgehead atoms. The van der Waals surface area contributed by atoms with Crippen molar-refractivity contribution in [3.8, 4) is 22.8 Å². The minimum absolute atomic E-state index is 0.175. The summed E-state index contributed by atoms with van der Waals surface area (Å²) in [4.78, 5) is 8.42. The number of hydrogen-bond acceptors (Lipinski definition) is 5. The predicted molar refractivity (Wildman–Crippen MR) is 77.7 cm³/mol. The van der Waals surface area contributed by atoms with Gasteiger partial charge in [0.15, 0.2) is 17.1 Å². The van der Waals surface area contributed by atoms with E-state index in [-0.39, 0.29) is 5.28 Å². The fourth-order valence-electron chi connectivity index (χ4n) is 2.34. The van der Waals surface area contributed by atoms with Crippen molar-refractivity contribution in [1.29, 1.82) is 0 Å². The molecule has 2 aromatic heterocycles. The average Bonchev–Trinajstić information content (AvgIpc) is 2.82. The largest absolute Gasteiger partial charge is 0.490 e. The minimum Gasteiger partial charge on any atom is -0.490 e. The Morgan fingerprint density at radius 1 is 1.10 bits per heavy atom. The number of hydrogen-bond donors (Lipinski definition) is 1. The lowest BCUT2D eigenvalue weighted by atomic mass is 10.1. The van der Waals surface area contributed by atoms with Crippen LogP contribution < -0.4 is 9.47 Å². The van der Waals surface area contributed by atoms with E-state index in [4.69, 9.17) is 21.1 Å². The molecule has 1 aliphatic rings. The molecule has 7 heteroatoms. The first kappa shape index (κ1) is 12.4. The van der Waals surface area contributed by atoms with E-state index in [2.05, 4.69) is 20.2 Å². The highest BCUT2D eigenvalue weighted by molar-refractivity contribution is 6.28. The summed E-state index contributed by atoms with van der Waals surface area (Å²) in [7, 11) is 0. The van der Waals surface area contributed by atoms with Gasteiger partial charge >= 0.3 is 0 Å². The Morgan fingerprint density at radius 2 is 1.95 bits per heavy atom. The molecule has 0 fully saturated rings. The Balaban J connectivity index is 1.89. The maximum absolute atomic E-state index is 5.97. The molecule has 3 aromatic rings. The smallest absolute Gasteiger partial charge is 0.224 e. The van der Waals surface area contributed by atoms with E-state index >= 15 is 0 Å². The summed E-state index contributed by atoms with van der Waals surface area (Å²) in [5, 5.41) is 7.78. The highest BCUT2D eigenvalue weighted by atomic mass is 35.5. The van der Waals surface area contributed by atoms with E-state index in [1.165, 1.54) is 0 Å². The Labute approximate surface area is 125 Å². The molecule has 1 N–H and O–H groups in total. The van der Waals surface area contributed by atoms with E-state index in [0.717, 1.165) is 34.6 Å². The van der Waals surface area contributed by atoms with Gasteiger partial charge in [0, 0.05) is 12.0 Å². The van der Waals surface area contributed by atoms with Crippen LogP contribution in [0.4, 0.5) is 0 Å². The van der Waals surface area contributed by atoms with Crippen molar-refractivity contribution in [3.63, 3.8) is 0 Å². The maximum atomic E-state index is 5.97. The second kappa shape index (κ2) is 4.89. The standard InChI is InChI=1S/C14H11ClN4O2/c15-14-17-12(9-7-16-19-13(9)18-14)8-2-3-10-11(6-8)21-5-1-4-20-10/h2-3,6-7H,1,4-5H2,(H,16,17,18,19). The van der Waals surface area contributed by atoms with E-state index in [0.29, 0.717) is 18.9 Å². The van der Waals surface area contributed by atoms with Crippen LogP contribution in [-0.2, 0) is 0 Å². The van der Waals surface area contributed by atoms with E-state index in [1.54, 1.807) is 6.20 Å². The Hall–Kier alpha value is -2.34. The number of aromatic nitrogens is 4. The fraction of sp³-hybridized carbons (Fsp3) is 0.214. The molecule has 6 nitrogen and oxygen atoms in total. The lowest BCUT2D eigenvalue weighted by Gasteiger charge is -2.09. The van der Waals surface area contributed by atoms with E-state index in [9.17, 15) is 0 Å². The van der Waals surface area contributed by atoms with Crippen LogP contribution in [0, 0.1) is 0 Å². The summed E-state index contributed by atoms with van der Waals surface area (Å²) in [5.41, 5.74) is 2.21. The van der Waals surface area contributed by atoms with Crippen LogP contribution in [-0.4, -0.2) is 33.4 Å². The molecule has 0 radical (unpaired) electrons. The van der Waals surface area contributed by atoms with Gasteiger partial charge in [0.1, 0.15) is 0 Å². The summed E-state index contributed by atoms with van der Waals surface area (Å²) < 4.78 is 11.3. The second-order valence-electron chi connectivity index (χ2n) is 4.69. The van der Waals surface area contributed by atoms with Gasteiger partial charge in [-0.2, -0.15) is 10.1 Å². The lowest BCUT2D eigenvalue weighted by molar-refractivity contribution is 0.297. The Morgan fingerprint density at radius 3 is 2.86 bits per heavy atom. The SMILES string of the molecule is Clc1nc(-c2ccc3c(c2)OCCCO3)c2cn[nH]c2n1. The van der Waals surface area contributed by atoms with Gasteiger partial charge in [0.2, 0.25) is 5.28 Å². The quantitative estimate of drug-likeness (QED) is 0.700. The lowest BCUT2D eigenvalue weighted by Crippen LogP contribution is -1.97. The van der Waals surface area contributed by atoms with Crippen molar-refractivity contribution < 1.29 is 9.47 Å². The van der Waals surface area contributed by atoms with Crippen LogP contribution in [0.15, 0.2) is 24.4 Å². The summed E-state index contributed by atoms with van der Waals surface area (Å²) in [6, 6.07) is 5.72. The molecule has 106 valence electrons. The van der Waals surface area contributed by atoms with Gasteiger partial charge in [-0.15, -0.1) is 0 Å². The number of ether oxygens (including phenoxy) is 2. The molecule has 0 amide bonds. The molecule has 1 aliphatic heterocycles. The normalized spacial score (nSPS) is 14.1. The number of aromatic amines is 1. The van der Waals surface area contributed by atoms with Crippen molar-refractivity contribution in [1.82, 2.24) is 20.2 Å². The molecule has 0 saturated heterocycles. The molecule has 3 heterocycles. The molecule has 0 unspecified atom stereocenters. The highest BCUT2D eigenvalue weighted by Crippen LogP contribution is 2.35. The molecule has 0 atom stereocenters. The number of benzene rings is 1. The number of halogens is 1. The van der Waals surface area contributed by atoms with Crippen LogP contribution in [0.5, 0.6) is 11.5 Å². The summed E-state index contributed by atoms with van der Waals surface area (Å²) >= 11 is 5.97. The van der Waals surface area contributed by atoms with Crippen molar-refractivity contribution in [2.45, 2.75) is 6.42 Å². The Bertz CT molecular complexity index is 818. The number of fused-ring (bicyclic) bond motifs is 2. The fourth-order valence-corrected chi connectivity index (χ4v) is 2.51. The third-order valence-electron chi connectivity index (χ3n) is 3.30. The van der Waals surface area contributed by atoms with Crippen LogP contribution in [0.2, 0.25) is 5.28 Å². The van der Waals surface area contributed by atoms with Crippen molar-refractivity contribution >= 4 is 22.6 Å². The predicted octanol–water partition coefficient (Wildman–Crippen LogP) is 2.83. The molecule has 0 saturated carbocycles. The molecular formula is C14H11ClN4O2. The number of nitrogens with one attached hydrogen (secondary N) is 1. The minimum atomic E-state index is 0.175. The first-order chi connectivity index (χ1) is 10.3. The molecule has 21 heavy (non-hydrogen) atoms. The van der Waals surface area contributed by atoms with Gasteiger partial charge in [-0.1, -0.05) is 0 Å². The van der Waals surface area contributed by atoms with E-state index < -0.39 is 0 Å². The molecule has 0 spiro atoms. The molecular weight excluding hydrogens is 292 g/mol. The van der Waals surface area contributed by atoms with Crippen LogP contribution >= 0.6 is 11.6 Å². The Kier molecular flexibility index (Phi) is 2.89. The molecule has 0 aliphatic carbocycles. The van der Waals surface area contributed by atoms with Crippen LogP contribution in [0.3, 0.4) is 0 Å². The first-order valence-corrected chi connectivity index (χ1v) is 6.96. The van der Waals surface area contributed by atoms with E-state index in [1.807, 2.05) is 18.2 Å². The monoisotopic (exact) mass is 302 g/mol. The number of rotatable bonds is 1. The van der Waals surface area contributed by atoms with Gasteiger partial charge in [-0.25, -0.2) is 4.98 Å². The van der Waals surface area contributed by atoms with Gasteiger partial charge in [-0.05, 0) is 29.8 Å². The van der Waals surface area contributed by atoms with Crippen molar-refractivity contribution in [3.05, 3.63) is 29.7 Å². The topological polar surface area (TPSA) is 72.9 Å². The number of nitrogens with zero attached hydrogens (tertiary/aromatic N) is 3. The maximum Gasteiger partial charge on any atom is 0.224 e. The number of H-pyrrole nitrogens is 1. The summed E-state index contributed by atoms with van der Waals surface area (Å²) in [6.07, 6.45) is 2.55. The zero-order valence-corrected chi connectivity index (χ0v) is 11.7. The van der Waals surface area contributed by atoms with Crippen LogP contribution in [0.25, 0.3) is 22.3 Å². The van der Waals surface area contributed by atoms with Gasteiger partial charge in [0.25, 0.3) is 0 Å². The summed E-state index contributed by atoms with van der Waals surface area (Å²) in [5.74, 6) is 1.47. The zero-order chi connectivity index (χ0) is 14.2. The van der Waals surface area contributed by atoms with Gasteiger partial charge < -0.3 is 9.47 Å². The zero-order valence-electron chi connectivity index (χ0n) is 11.0.